The van der Waals surface area contributed by atoms with Gasteiger partial charge in [-0.15, -0.1) is 0 Å². The average molecular weight is 354 g/mol. The van der Waals surface area contributed by atoms with Crippen LogP contribution in [0.4, 0.5) is 13.2 Å². The summed E-state index contributed by atoms with van der Waals surface area (Å²) in [7, 11) is 1.69. The van der Waals surface area contributed by atoms with Crippen molar-refractivity contribution in [3.63, 3.8) is 0 Å². The van der Waals surface area contributed by atoms with Gasteiger partial charge in [0.25, 0.3) is 0 Å². The molecule has 0 fully saturated rings. The maximum atomic E-state index is 12.1. The lowest BCUT2D eigenvalue weighted by atomic mass is 10.2. The van der Waals surface area contributed by atoms with Crippen LogP contribution in [0.2, 0.25) is 0 Å². The Morgan fingerprint density at radius 2 is 1.88 bits per heavy atom. The van der Waals surface area contributed by atoms with E-state index in [2.05, 4.69) is 5.10 Å². The van der Waals surface area contributed by atoms with E-state index >= 15 is 0 Å². The van der Waals surface area contributed by atoms with Crippen LogP contribution in [0.15, 0.2) is 30.3 Å². The van der Waals surface area contributed by atoms with Gasteiger partial charge in [-0.3, -0.25) is 9.69 Å². The van der Waals surface area contributed by atoms with E-state index in [1.165, 1.54) is 0 Å². The molecule has 0 aliphatic carbocycles. The number of aromatic nitrogens is 2. The van der Waals surface area contributed by atoms with E-state index in [1.54, 1.807) is 11.9 Å². The first-order valence-corrected chi connectivity index (χ1v) is 7.80. The third kappa shape index (κ3) is 5.32. The molecule has 5 nitrogen and oxygen atoms in total. The maximum Gasteiger partial charge on any atom is 0.405 e. The quantitative estimate of drug-likeness (QED) is 0.868. The molecule has 2 aromatic rings. The Morgan fingerprint density at radius 3 is 2.48 bits per heavy atom. The highest BCUT2D eigenvalue weighted by Crippen LogP contribution is 2.19. The number of rotatable bonds is 6. The number of nitrogens with one attached hydrogen (secondary N) is 1. The zero-order valence-electron chi connectivity index (χ0n) is 14.4. The van der Waals surface area contributed by atoms with E-state index in [4.69, 9.17) is 0 Å². The number of carbonyl (C=O) groups excluding carboxylic acids is 1. The Balaban J connectivity index is 2.03. The highest BCUT2D eigenvalue weighted by Gasteiger charge is 2.27. The van der Waals surface area contributed by atoms with Crippen molar-refractivity contribution in [3.05, 3.63) is 47.3 Å². The molecule has 0 bridgehead atoms. The third-order valence-electron chi connectivity index (χ3n) is 3.77. The summed E-state index contributed by atoms with van der Waals surface area (Å²) < 4.78 is 38.2. The van der Waals surface area contributed by atoms with Gasteiger partial charge in [-0.05, 0) is 33.0 Å². The Hall–Kier alpha value is -2.35. The van der Waals surface area contributed by atoms with E-state index in [9.17, 15) is 18.0 Å². The predicted molar refractivity (Wildman–Crippen MR) is 88.4 cm³/mol. The van der Waals surface area contributed by atoms with E-state index in [0.717, 1.165) is 22.6 Å². The Kier molecular flexibility index (Phi) is 5.84. The summed E-state index contributed by atoms with van der Waals surface area (Å²) in [4.78, 5) is 13.3. The Labute approximate surface area is 144 Å². The second-order valence-electron chi connectivity index (χ2n) is 5.96. The Bertz CT molecular complexity index is 725. The number of alkyl halides is 3. The van der Waals surface area contributed by atoms with E-state index in [0.29, 0.717) is 6.54 Å². The summed E-state index contributed by atoms with van der Waals surface area (Å²) in [6, 6.07) is 9.64. The monoisotopic (exact) mass is 354 g/mol. The van der Waals surface area contributed by atoms with Crippen molar-refractivity contribution in [2.45, 2.75) is 26.6 Å². The molecule has 8 heteroatoms. The molecule has 1 aromatic heterocycles. The molecule has 0 spiro atoms. The number of benzene rings is 1. The molecule has 25 heavy (non-hydrogen) atoms. The lowest BCUT2D eigenvalue weighted by molar-refractivity contribution is -0.138. The van der Waals surface area contributed by atoms with Gasteiger partial charge in [0.05, 0.1) is 17.9 Å². The molecular formula is C17H21F3N4O. The molecule has 0 radical (unpaired) electrons. The number of amides is 1. The van der Waals surface area contributed by atoms with E-state index in [1.807, 2.05) is 54.2 Å². The van der Waals surface area contributed by atoms with Crippen molar-refractivity contribution in [2.75, 3.05) is 20.1 Å². The fourth-order valence-electron chi connectivity index (χ4n) is 2.55. The van der Waals surface area contributed by atoms with Gasteiger partial charge in [0.2, 0.25) is 5.91 Å². The lowest BCUT2D eigenvalue weighted by Gasteiger charge is -2.17. The van der Waals surface area contributed by atoms with Gasteiger partial charge in [0.1, 0.15) is 6.54 Å². The molecule has 1 aromatic carbocycles. The van der Waals surface area contributed by atoms with Crippen LogP contribution < -0.4 is 5.32 Å². The summed E-state index contributed by atoms with van der Waals surface area (Å²) in [5.41, 5.74) is 3.64. The van der Waals surface area contributed by atoms with Crippen LogP contribution >= 0.6 is 0 Å². The van der Waals surface area contributed by atoms with Crippen LogP contribution in [-0.4, -0.2) is 46.9 Å². The van der Waals surface area contributed by atoms with Crippen molar-refractivity contribution in [2.24, 2.45) is 0 Å². The first-order chi connectivity index (χ1) is 11.7. The van der Waals surface area contributed by atoms with Gasteiger partial charge in [-0.2, -0.15) is 18.3 Å². The van der Waals surface area contributed by atoms with Gasteiger partial charge >= 0.3 is 6.18 Å². The van der Waals surface area contributed by atoms with E-state index < -0.39 is 18.6 Å². The average Bonchev–Trinajstić information content (AvgIpc) is 2.81. The fourth-order valence-corrected chi connectivity index (χ4v) is 2.55. The number of aryl methyl sites for hydroxylation is 1. The van der Waals surface area contributed by atoms with Crippen molar-refractivity contribution in [1.29, 1.82) is 0 Å². The highest BCUT2D eigenvalue weighted by atomic mass is 19.4. The summed E-state index contributed by atoms with van der Waals surface area (Å²) in [5, 5.41) is 6.40. The summed E-state index contributed by atoms with van der Waals surface area (Å²) >= 11 is 0. The zero-order valence-corrected chi connectivity index (χ0v) is 14.4. The minimum atomic E-state index is -4.40. The SMILES string of the molecule is Cc1nn(-c2ccccc2)c(C)c1CN(C)CC(=O)NCC(F)(F)F. The smallest absolute Gasteiger partial charge is 0.346 e. The molecule has 2 rings (SSSR count). The predicted octanol–water partition coefficient (Wildman–Crippen LogP) is 2.60. The number of likely N-dealkylation sites (N-methyl/N-ethyl adjacent to an activating group) is 1. The molecule has 0 saturated carbocycles. The third-order valence-corrected chi connectivity index (χ3v) is 3.77. The number of halogens is 3. The largest absolute Gasteiger partial charge is 0.405 e. The van der Waals surface area contributed by atoms with Crippen molar-refractivity contribution >= 4 is 5.91 Å². The molecule has 1 amide bonds. The molecule has 1 N–H and O–H groups in total. The highest BCUT2D eigenvalue weighted by molar-refractivity contribution is 5.78. The topological polar surface area (TPSA) is 50.2 Å². The zero-order chi connectivity index (χ0) is 18.6. The molecule has 0 unspecified atom stereocenters. The minimum absolute atomic E-state index is 0.120. The number of hydrogen-bond donors (Lipinski definition) is 1. The molecule has 1 heterocycles. The van der Waals surface area contributed by atoms with E-state index in [-0.39, 0.29) is 6.54 Å². The van der Waals surface area contributed by atoms with Crippen LogP contribution in [0.3, 0.4) is 0 Å². The van der Waals surface area contributed by atoms with Gasteiger partial charge in [-0.1, -0.05) is 18.2 Å². The fraction of sp³-hybridized carbons (Fsp3) is 0.412. The molecular weight excluding hydrogens is 333 g/mol. The van der Waals surface area contributed by atoms with Crippen molar-refractivity contribution in [1.82, 2.24) is 20.0 Å². The van der Waals surface area contributed by atoms with Crippen LogP contribution in [-0.2, 0) is 11.3 Å². The van der Waals surface area contributed by atoms with Gasteiger partial charge in [-0.25, -0.2) is 4.68 Å². The van der Waals surface area contributed by atoms with Gasteiger partial charge in [0, 0.05) is 17.8 Å². The molecule has 0 aliphatic rings. The van der Waals surface area contributed by atoms with Gasteiger partial charge in [0.15, 0.2) is 0 Å². The van der Waals surface area contributed by atoms with Crippen LogP contribution in [0.5, 0.6) is 0 Å². The second kappa shape index (κ2) is 7.69. The number of para-hydroxylation sites is 1. The molecule has 0 saturated heterocycles. The number of nitrogens with zero attached hydrogens (tertiary/aromatic N) is 3. The number of carbonyl (C=O) groups is 1. The normalized spacial score (nSPS) is 11.8. The van der Waals surface area contributed by atoms with Gasteiger partial charge < -0.3 is 5.32 Å². The van der Waals surface area contributed by atoms with Crippen LogP contribution in [0, 0.1) is 13.8 Å². The van der Waals surface area contributed by atoms with Crippen molar-refractivity contribution < 1.29 is 18.0 Å². The summed E-state index contributed by atoms with van der Waals surface area (Å²) in [6.07, 6.45) is -4.40. The van der Waals surface area contributed by atoms with Crippen LogP contribution in [0.1, 0.15) is 17.0 Å². The molecule has 136 valence electrons. The summed E-state index contributed by atoms with van der Waals surface area (Å²) in [6.45, 7) is 2.79. The lowest BCUT2D eigenvalue weighted by Crippen LogP contribution is -2.39. The number of hydrogen-bond acceptors (Lipinski definition) is 3. The second-order valence-corrected chi connectivity index (χ2v) is 5.96. The maximum absolute atomic E-state index is 12.1. The van der Waals surface area contributed by atoms with Crippen molar-refractivity contribution in [3.8, 4) is 5.69 Å². The van der Waals surface area contributed by atoms with Crippen LogP contribution in [0.25, 0.3) is 5.69 Å². The first-order valence-electron chi connectivity index (χ1n) is 7.80. The molecule has 0 atom stereocenters. The molecule has 0 aliphatic heterocycles. The summed E-state index contributed by atoms with van der Waals surface area (Å²) in [5.74, 6) is -0.661. The first kappa shape index (κ1) is 19.0. The standard InChI is InChI=1S/C17H21F3N4O/c1-12-15(9-23(3)10-16(25)21-11-17(18,19)20)13(2)24(22-12)14-7-5-4-6-8-14/h4-8H,9-11H2,1-3H3,(H,21,25). The Morgan fingerprint density at radius 1 is 1.24 bits per heavy atom. The minimum Gasteiger partial charge on any atom is -0.346 e.